The Morgan fingerprint density at radius 2 is 2.00 bits per heavy atom. The van der Waals surface area contributed by atoms with Crippen LogP contribution in [0.15, 0.2) is 53.9 Å². The Kier molecular flexibility index (Phi) is 5.27. The Morgan fingerprint density at radius 3 is 2.81 bits per heavy atom. The van der Waals surface area contributed by atoms with Gasteiger partial charge in [-0.15, -0.1) is 22.7 Å². The highest BCUT2D eigenvalue weighted by Gasteiger charge is 2.08. The van der Waals surface area contributed by atoms with Gasteiger partial charge < -0.3 is 5.32 Å². The van der Waals surface area contributed by atoms with Crippen molar-refractivity contribution in [1.82, 2.24) is 9.97 Å². The van der Waals surface area contributed by atoms with Crippen molar-refractivity contribution in [2.75, 3.05) is 5.32 Å². The Balaban J connectivity index is 1.32. The number of para-hydroxylation sites is 1. The van der Waals surface area contributed by atoms with Crippen molar-refractivity contribution in [1.29, 1.82) is 0 Å². The zero-order valence-corrected chi connectivity index (χ0v) is 16.6. The fourth-order valence-electron chi connectivity index (χ4n) is 2.90. The first-order chi connectivity index (χ1) is 13.2. The highest BCUT2D eigenvalue weighted by Crippen LogP contribution is 2.25. The van der Waals surface area contributed by atoms with Crippen LogP contribution < -0.4 is 5.32 Å². The van der Waals surface area contributed by atoms with Crippen LogP contribution in [0.25, 0.3) is 21.5 Å². The summed E-state index contributed by atoms with van der Waals surface area (Å²) in [6, 6.07) is 16.0. The summed E-state index contributed by atoms with van der Waals surface area (Å²) in [5.41, 5.74) is 3.82. The normalized spacial score (nSPS) is 11.0. The molecule has 0 aliphatic carbocycles. The van der Waals surface area contributed by atoms with E-state index in [1.807, 2.05) is 54.8 Å². The average molecular weight is 394 g/mol. The molecule has 2 aromatic carbocycles. The number of nitrogens with one attached hydrogen (secondary N) is 1. The Hall–Kier alpha value is -2.57. The number of hydrogen-bond donors (Lipinski definition) is 1. The zero-order chi connectivity index (χ0) is 18.6. The highest BCUT2D eigenvalue weighted by atomic mass is 32.1. The van der Waals surface area contributed by atoms with Gasteiger partial charge in [0.05, 0.1) is 25.9 Å². The number of nitrogens with zero attached hydrogens (tertiary/aromatic N) is 2. The van der Waals surface area contributed by atoms with Crippen molar-refractivity contribution >= 4 is 44.5 Å². The second kappa shape index (κ2) is 7.98. The molecule has 4 rings (SSSR count). The van der Waals surface area contributed by atoms with Gasteiger partial charge in [-0.2, -0.15) is 0 Å². The number of anilines is 1. The van der Waals surface area contributed by atoms with Gasteiger partial charge in [-0.1, -0.05) is 24.3 Å². The number of thiazole rings is 2. The molecule has 136 valence electrons. The van der Waals surface area contributed by atoms with Crippen LogP contribution in [0.2, 0.25) is 0 Å². The number of amides is 1. The predicted molar refractivity (Wildman–Crippen MR) is 113 cm³/mol. The first kappa shape index (κ1) is 17.8. The minimum Gasteiger partial charge on any atom is -0.326 e. The Morgan fingerprint density at radius 1 is 1.11 bits per heavy atom. The molecule has 0 bridgehead atoms. The molecule has 0 aliphatic rings. The van der Waals surface area contributed by atoms with Gasteiger partial charge in [-0.3, -0.25) is 4.79 Å². The van der Waals surface area contributed by atoms with Gasteiger partial charge in [0, 0.05) is 23.1 Å². The van der Waals surface area contributed by atoms with Gasteiger partial charge in [0.25, 0.3) is 0 Å². The van der Waals surface area contributed by atoms with Crippen LogP contribution >= 0.6 is 22.7 Å². The number of carbonyl (C=O) groups excluding carboxylic acids is 1. The number of aromatic nitrogens is 2. The van der Waals surface area contributed by atoms with Gasteiger partial charge >= 0.3 is 0 Å². The Labute approximate surface area is 165 Å². The van der Waals surface area contributed by atoms with E-state index in [2.05, 4.69) is 21.4 Å². The topological polar surface area (TPSA) is 54.9 Å². The summed E-state index contributed by atoms with van der Waals surface area (Å²) in [4.78, 5) is 21.4. The number of hydrogen-bond acceptors (Lipinski definition) is 5. The molecule has 0 radical (unpaired) electrons. The molecule has 2 aromatic heterocycles. The maximum Gasteiger partial charge on any atom is 0.224 e. The molecule has 2 heterocycles. The first-order valence-corrected chi connectivity index (χ1v) is 10.5. The van der Waals surface area contributed by atoms with Crippen molar-refractivity contribution in [2.24, 2.45) is 0 Å². The van der Waals surface area contributed by atoms with Gasteiger partial charge in [-0.05, 0) is 44.0 Å². The first-order valence-electron chi connectivity index (χ1n) is 8.84. The van der Waals surface area contributed by atoms with Crippen LogP contribution in [-0.4, -0.2) is 15.9 Å². The largest absolute Gasteiger partial charge is 0.326 e. The summed E-state index contributed by atoms with van der Waals surface area (Å²) in [6.07, 6.45) is 2.09. The third-order valence-corrected chi connectivity index (χ3v) is 6.06. The van der Waals surface area contributed by atoms with Crippen molar-refractivity contribution in [3.05, 3.63) is 63.9 Å². The third kappa shape index (κ3) is 4.40. The lowest BCUT2D eigenvalue weighted by Crippen LogP contribution is -2.11. The van der Waals surface area contributed by atoms with E-state index in [0.29, 0.717) is 6.42 Å². The summed E-state index contributed by atoms with van der Waals surface area (Å²) in [6.45, 7) is 1.99. The van der Waals surface area contributed by atoms with Crippen LogP contribution in [0.3, 0.4) is 0 Å². The summed E-state index contributed by atoms with van der Waals surface area (Å²) in [7, 11) is 0. The van der Waals surface area contributed by atoms with Crippen LogP contribution in [0.5, 0.6) is 0 Å². The minimum absolute atomic E-state index is 0.0303. The van der Waals surface area contributed by atoms with E-state index >= 15 is 0 Å². The van der Waals surface area contributed by atoms with E-state index in [4.69, 9.17) is 0 Å². The molecule has 27 heavy (non-hydrogen) atoms. The lowest BCUT2D eigenvalue weighted by molar-refractivity contribution is -0.116. The molecular formula is C21H19N3OS2. The van der Waals surface area contributed by atoms with Crippen LogP contribution in [0.4, 0.5) is 5.69 Å². The van der Waals surface area contributed by atoms with Gasteiger partial charge in [0.2, 0.25) is 5.91 Å². The molecule has 4 nitrogen and oxygen atoms in total. The number of aryl methyl sites for hydroxylation is 2. The van der Waals surface area contributed by atoms with E-state index in [0.717, 1.165) is 45.3 Å². The molecule has 0 spiro atoms. The summed E-state index contributed by atoms with van der Waals surface area (Å²) in [5.74, 6) is 0.0303. The second-order valence-electron chi connectivity index (χ2n) is 6.31. The highest BCUT2D eigenvalue weighted by molar-refractivity contribution is 7.18. The number of carbonyl (C=O) groups is 1. The quantitative estimate of drug-likeness (QED) is 0.458. The van der Waals surface area contributed by atoms with E-state index in [-0.39, 0.29) is 5.91 Å². The van der Waals surface area contributed by atoms with E-state index in [9.17, 15) is 4.79 Å². The van der Waals surface area contributed by atoms with E-state index < -0.39 is 0 Å². The molecule has 0 aliphatic heterocycles. The number of rotatable bonds is 6. The average Bonchev–Trinajstić information content (AvgIpc) is 3.27. The molecule has 4 aromatic rings. The standard InChI is InChI=1S/C21H19N3OS2/c1-14-22-18(13-26-14)15-6-4-7-16(12-15)23-20(25)10-5-11-21-24-17-8-2-3-9-19(17)27-21/h2-4,6-9,12-13H,5,10-11H2,1H3,(H,23,25). The van der Waals surface area contributed by atoms with Gasteiger partial charge in [-0.25, -0.2) is 9.97 Å². The lowest BCUT2D eigenvalue weighted by atomic mass is 10.1. The molecule has 0 atom stereocenters. The van der Waals surface area contributed by atoms with E-state index in [1.54, 1.807) is 22.7 Å². The Bertz CT molecular complexity index is 1050. The monoisotopic (exact) mass is 393 g/mol. The summed E-state index contributed by atoms with van der Waals surface area (Å²) >= 11 is 3.33. The van der Waals surface area contributed by atoms with Crippen LogP contribution in [0, 0.1) is 6.92 Å². The van der Waals surface area contributed by atoms with E-state index in [1.165, 1.54) is 4.70 Å². The summed E-state index contributed by atoms with van der Waals surface area (Å²) in [5, 5.41) is 7.15. The van der Waals surface area contributed by atoms with Gasteiger partial charge in [0.1, 0.15) is 0 Å². The molecule has 0 fully saturated rings. The smallest absolute Gasteiger partial charge is 0.224 e. The van der Waals surface area contributed by atoms with Crippen LogP contribution in [0.1, 0.15) is 22.9 Å². The third-order valence-electron chi connectivity index (χ3n) is 4.19. The molecule has 0 saturated carbocycles. The maximum atomic E-state index is 12.3. The second-order valence-corrected chi connectivity index (χ2v) is 8.49. The lowest BCUT2D eigenvalue weighted by Gasteiger charge is -2.06. The van der Waals surface area contributed by atoms with Crippen molar-refractivity contribution in [3.63, 3.8) is 0 Å². The number of fused-ring (bicyclic) bond motifs is 1. The SMILES string of the molecule is Cc1nc(-c2cccc(NC(=O)CCCc3nc4ccccc4s3)c2)cs1. The molecule has 0 unspecified atom stereocenters. The molecule has 6 heteroatoms. The molecule has 1 amide bonds. The van der Waals surface area contributed by atoms with Crippen LogP contribution in [-0.2, 0) is 11.2 Å². The van der Waals surface area contributed by atoms with Crippen molar-refractivity contribution in [3.8, 4) is 11.3 Å². The fourth-order valence-corrected chi connectivity index (χ4v) is 4.53. The minimum atomic E-state index is 0.0303. The predicted octanol–water partition coefficient (Wildman–Crippen LogP) is 5.69. The van der Waals surface area contributed by atoms with Crippen molar-refractivity contribution < 1.29 is 4.79 Å². The molecule has 0 saturated heterocycles. The van der Waals surface area contributed by atoms with Gasteiger partial charge in [0.15, 0.2) is 0 Å². The maximum absolute atomic E-state index is 12.3. The zero-order valence-electron chi connectivity index (χ0n) is 14.9. The molecule has 1 N–H and O–H groups in total. The fraction of sp³-hybridized carbons (Fsp3) is 0.190. The van der Waals surface area contributed by atoms with Crippen molar-refractivity contribution in [2.45, 2.75) is 26.2 Å². The number of benzene rings is 2. The summed E-state index contributed by atoms with van der Waals surface area (Å²) < 4.78 is 1.20. The molecular weight excluding hydrogens is 374 g/mol.